The maximum atomic E-state index is 4.31. The summed E-state index contributed by atoms with van der Waals surface area (Å²) < 4.78 is 0. The predicted octanol–water partition coefficient (Wildman–Crippen LogP) is 7.21. The lowest BCUT2D eigenvalue weighted by atomic mass is 9.84. The zero-order chi connectivity index (χ0) is 17.9. The zero-order valence-corrected chi connectivity index (χ0v) is 16.1. The van der Waals surface area contributed by atoms with Crippen LogP contribution in [0.5, 0.6) is 0 Å². The van der Waals surface area contributed by atoms with Gasteiger partial charge in [0, 0.05) is 0 Å². The second-order valence-electron chi connectivity index (χ2n) is 6.95. The van der Waals surface area contributed by atoms with Gasteiger partial charge in [0.05, 0.1) is 0 Å². The molecule has 24 heavy (non-hydrogen) atoms. The smallest absolute Gasteiger partial charge is 0.0120 e. The zero-order valence-electron chi connectivity index (χ0n) is 16.1. The molecule has 0 atom stereocenters. The van der Waals surface area contributed by atoms with Crippen LogP contribution < -0.4 is 0 Å². The molecule has 0 heterocycles. The van der Waals surface area contributed by atoms with Crippen molar-refractivity contribution in [3.63, 3.8) is 0 Å². The van der Waals surface area contributed by atoms with Crippen LogP contribution >= 0.6 is 0 Å². The average molecular weight is 319 g/mol. The van der Waals surface area contributed by atoms with Crippen LogP contribution in [0.3, 0.4) is 0 Å². The van der Waals surface area contributed by atoms with Crippen LogP contribution in [-0.4, -0.2) is 0 Å². The van der Waals surface area contributed by atoms with E-state index in [1.807, 2.05) is 0 Å². The van der Waals surface area contributed by atoms with E-state index in [4.69, 9.17) is 0 Å². The summed E-state index contributed by atoms with van der Waals surface area (Å²) in [5, 5.41) is 0. The van der Waals surface area contributed by atoms with Crippen molar-refractivity contribution in [3.8, 4) is 0 Å². The number of hydrogen-bond acceptors (Lipinski definition) is 0. The molecule has 126 valence electrons. The summed E-state index contributed by atoms with van der Waals surface area (Å²) in [4.78, 5) is 0. The highest BCUT2D eigenvalue weighted by molar-refractivity contribution is 5.99. The van der Waals surface area contributed by atoms with Crippen LogP contribution in [0.1, 0.15) is 60.1 Å². The van der Waals surface area contributed by atoms with Crippen molar-refractivity contribution in [2.24, 2.45) is 0 Å². The third-order valence-electron chi connectivity index (χ3n) is 4.81. The van der Waals surface area contributed by atoms with Gasteiger partial charge in [-0.1, -0.05) is 61.9 Å². The first-order valence-electron chi connectivity index (χ1n) is 8.90. The van der Waals surface area contributed by atoms with E-state index >= 15 is 0 Å². The van der Waals surface area contributed by atoms with E-state index in [0.717, 1.165) is 18.4 Å². The molecule has 0 spiro atoms. The molecule has 0 saturated heterocycles. The number of aryl methyl sites for hydroxylation is 4. The van der Waals surface area contributed by atoms with Crippen LogP contribution in [0.4, 0.5) is 0 Å². The van der Waals surface area contributed by atoms with Crippen LogP contribution in [0.2, 0.25) is 0 Å². The molecule has 0 aliphatic rings. The Balaban J connectivity index is 2.83. The Hall–Kier alpha value is -2.08. The Morgan fingerprint density at radius 3 is 2.04 bits per heavy atom. The lowest BCUT2D eigenvalue weighted by molar-refractivity contribution is 0.971. The van der Waals surface area contributed by atoms with Crippen LogP contribution in [0, 0.1) is 27.7 Å². The lowest BCUT2D eigenvalue weighted by Crippen LogP contribution is -1.99. The number of rotatable bonds is 5. The third kappa shape index (κ3) is 3.70. The van der Waals surface area contributed by atoms with Crippen molar-refractivity contribution in [1.82, 2.24) is 0 Å². The van der Waals surface area contributed by atoms with Gasteiger partial charge in [-0.3, -0.25) is 0 Å². The molecule has 0 aliphatic heterocycles. The Kier molecular flexibility index (Phi) is 5.83. The first kappa shape index (κ1) is 18.3. The number of benzene rings is 2. The minimum Gasteiger partial charge on any atom is -0.0955 e. The van der Waals surface area contributed by atoms with Crippen molar-refractivity contribution >= 4 is 11.1 Å². The molecular formula is C24H30. The van der Waals surface area contributed by atoms with E-state index in [9.17, 15) is 0 Å². The molecule has 0 unspecified atom stereocenters. The van der Waals surface area contributed by atoms with E-state index in [0.29, 0.717) is 0 Å². The Morgan fingerprint density at radius 1 is 0.833 bits per heavy atom. The summed E-state index contributed by atoms with van der Waals surface area (Å²) in [6, 6.07) is 13.3. The molecular weight excluding hydrogens is 288 g/mol. The normalized spacial score (nSPS) is 12.1. The van der Waals surface area contributed by atoms with Gasteiger partial charge in [-0.2, -0.15) is 0 Å². The quantitative estimate of drug-likeness (QED) is 0.403. The lowest BCUT2D eigenvalue weighted by Gasteiger charge is -2.20. The van der Waals surface area contributed by atoms with Crippen molar-refractivity contribution < 1.29 is 0 Å². The molecule has 0 aliphatic carbocycles. The maximum absolute atomic E-state index is 4.31. The molecule has 0 N–H and O–H groups in total. The van der Waals surface area contributed by atoms with E-state index in [1.165, 1.54) is 44.5 Å². The summed E-state index contributed by atoms with van der Waals surface area (Å²) >= 11 is 0. The fraction of sp³-hybridized carbons (Fsp3) is 0.333. The summed E-state index contributed by atoms with van der Waals surface area (Å²) in [7, 11) is 0. The van der Waals surface area contributed by atoms with E-state index in [2.05, 4.69) is 84.5 Å². The molecule has 0 nitrogen and oxygen atoms in total. The fourth-order valence-corrected chi connectivity index (χ4v) is 3.43. The maximum Gasteiger partial charge on any atom is -0.0120 e. The fourth-order valence-electron chi connectivity index (χ4n) is 3.43. The van der Waals surface area contributed by atoms with Gasteiger partial charge in [0.2, 0.25) is 0 Å². The highest BCUT2D eigenvalue weighted by Gasteiger charge is 2.16. The van der Waals surface area contributed by atoms with Gasteiger partial charge in [-0.05, 0) is 85.6 Å². The largest absolute Gasteiger partial charge is 0.0955 e. The molecule has 0 bridgehead atoms. The van der Waals surface area contributed by atoms with E-state index < -0.39 is 0 Å². The Bertz CT molecular complexity index is 788. The number of allylic oxidation sites excluding steroid dienone is 3. The molecule has 2 rings (SSSR count). The monoisotopic (exact) mass is 318 g/mol. The van der Waals surface area contributed by atoms with E-state index in [1.54, 1.807) is 0 Å². The molecule has 0 aromatic heterocycles. The number of hydrogen-bond donors (Lipinski definition) is 0. The summed E-state index contributed by atoms with van der Waals surface area (Å²) in [6.07, 6.45) is 2.20. The molecule has 0 fully saturated rings. The van der Waals surface area contributed by atoms with Gasteiger partial charge in [0.15, 0.2) is 0 Å². The second-order valence-corrected chi connectivity index (χ2v) is 6.95. The second kappa shape index (κ2) is 7.66. The first-order chi connectivity index (χ1) is 11.4. The highest BCUT2D eigenvalue weighted by Crippen LogP contribution is 2.37. The minimum absolute atomic E-state index is 1.07. The predicted molar refractivity (Wildman–Crippen MR) is 108 cm³/mol. The van der Waals surface area contributed by atoms with Gasteiger partial charge in [0.25, 0.3) is 0 Å². The van der Waals surface area contributed by atoms with Crippen molar-refractivity contribution in [3.05, 3.63) is 81.9 Å². The minimum atomic E-state index is 1.07. The third-order valence-corrected chi connectivity index (χ3v) is 4.81. The average Bonchev–Trinajstić information content (AvgIpc) is 2.52. The standard InChI is InChI=1S/C24H30/c1-8-11-22(23-15-19(6)18(5)14-20(23)7)24(16(2)3)21-13-10-9-12-17(21)4/h9-10,12-15H,2,8,11H2,1,3-7H3/b24-22+. The van der Waals surface area contributed by atoms with Crippen LogP contribution in [0.15, 0.2) is 48.6 Å². The van der Waals surface area contributed by atoms with Gasteiger partial charge >= 0.3 is 0 Å². The van der Waals surface area contributed by atoms with Crippen LogP contribution in [-0.2, 0) is 0 Å². The van der Waals surface area contributed by atoms with Gasteiger partial charge in [-0.25, -0.2) is 0 Å². The van der Waals surface area contributed by atoms with Crippen LogP contribution in [0.25, 0.3) is 11.1 Å². The Labute approximate surface area is 147 Å². The van der Waals surface area contributed by atoms with Crippen molar-refractivity contribution in [2.75, 3.05) is 0 Å². The molecule has 0 amide bonds. The van der Waals surface area contributed by atoms with E-state index in [-0.39, 0.29) is 0 Å². The first-order valence-corrected chi connectivity index (χ1v) is 8.90. The topological polar surface area (TPSA) is 0 Å². The highest BCUT2D eigenvalue weighted by atomic mass is 14.2. The molecule has 0 saturated carbocycles. The molecule has 0 heteroatoms. The summed E-state index contributed by atoms with van der Waals surface area (Å²) in [5.74, 6) is 0. The van der Waals surface area contributed by atoms with Gasteiger partial charge in [-0.15, -0.1) is 0 Å². The SMILES string of the molecule is C=C(C)/C(=C(/CCC)c1cc(C)c(C)cc1C)c1ccccc1C. The summed E-state index contributed by atoms with van der Waals surface area (Å²) in [6.45, 7) is 17.5. The molecule has 2 aromatic carbocycles. The molecule has 0 radical (unpaired) electrons. The Morgan fingerprint density at radius 2 is 1.46 bits per heavy atom. The summed E-state index contributed by atoms with van der Waals surface area (Å²) in [5.41, 5.74) is 12.0. The van der Waals surface area contributed by atoms with Crippen molar-refractivity contribution in [1.29, 1.82) is 0 Å². The molecule has 2 aromatic rings. The van der Waals surface area contributed by atoms with Gasteiger partial charge < -0.3 is 0 Å². The van der Waals surface area contributed by atoms with Crippen molar-refractivity contribution in [2.45, 2.75) is 54.4 Å². The van der Waals surface area contributed by atoms with Gasteiger partial charge in [0.1, 0.15) is 0 Å².